The largest absolute Gasteiger partial charge is 0.489 e. The molecule has 1 spiro atoms. The van der Waals surface area contributed by atoms with Gasteiger partial charge in [0.2, 0.25) is 5.82 Å². The third kappa shape index (κ3) is 4.83. The maximum atomic E-state index is 13.4. The molecule has 3 aliphatic heterocycles. The lowest BCUT2D eigenvalue weighted by Crippen LogP contribution is -2.49. The van der Waals surface area contributed by atoms with Crippen molar-refractivity contribution in [1.29, 1.82) is 0 Å². The molecule has 3 aliphatic rings. The Morgan fingerprint density at radius 3 is 2.79 bits per heavy atom. The van der Waals surface area contributed by atoms with Crippen molar-refractivity contribution < 1.29 is 19.1 Å². The zero-order valence-electron chi connectivity index (χ0n) is 21.5. The van der Waals surface area contributed by atoms with Crippen LogP contribution in [0.2, 0.25) is 0 Å². The summed E-state index contributed by atoms with van der Waals surface area (Å²) in [6.07, 6.45) is 3.87. The highest BCUT2D eigenvalue weighted by Gasteiger charge is 2.40. The molecule has 10 nitrogen and oxygen atoms in total. The first-order valence-corrected chi connectivity index (χ1v) is 13.1. The Kier molecular flexibility index (Phi) is 6.49. The number of nitrogens with zero attached hydrogens (tertiary/aromatic N) is 4. The van der Waals surface area contributed by atoms with Gasteiger partial charge in [-0.1, -0.05) is 30.3 Å². The molecule has 4 heterocycles. The van der Waals surface area contributed by atoms with Gasteiger partial charge in [-0.2, -0.15) is 0 Å². The second-order valence-corrected chi connectivity index (χ2v) is 10.4. The molecule has 2 aromatic carbocycles. The first-order valence-electron chi connectivity index (χ1n) is 13.1. The molecule has 0 unspecified atom stereocenters. The van der Waals surface area contributed by atoms with Crippen LogP contribution < -0.4 is 19.9 Å². The standard InChI is InChI=1S/C28H32N6O4/c1-33-22-16-20(34-12-9-28(18-34)10-13-37-14-11-28)7-8-23(22)38-17-21(27(33)36)29-26(35)25-30-24(31-32-25)15-19-5-3-2-4-6-19/h2-8,16,21H,9-15,17-18H2,1H3,(H,29,35)(H,30,31,32)/t21-/m1/s1. The topological polar surface area (TPSA) is 113 Å². The molecule has 0 radical (unpaired) electrons. The number of rotatable bonds is 5. The summed E-state index contributed by atoms with van der Waals surface area (Å²) in [6.45, 7) is 3.67. The van der Waals surface area contributed by atoms with Gasteiger partial charge < -0.3 is 24.6 Å². The number of aromatic nitrogens is 3. The van der Waals surface area contributed by atoms with Gasteiger partial charge in [-0.05, 0) is 48.4 Å². The summed E-state index contributed by atoms with van der Waals surface area (Å²) in [6, 6.07) is 14.9. The number of fused-ring (bicyclic) bond motifs is 1. The van der Waals surface area contributed by atoms with E-state index in [0.29, 0.717) is 29.1 Å². The number of amides is 2. The van der Waals surface area contributed by atoms with E-state index >= 15 is 0 Å². The van der Waals surface area contributed by atoms with Crippen molar-refractivity contribution in [2.75, 3.05) is 49.8 Å². The van der Waals surface area contributed by atoms with Crippen LogP contribution in [-0.4, -0.2) is 73.0 Å². The molecule has 2 fully saturated rings. The van der Waals surface area contributed by atoms with Gasteiger partial charge in [0.15, 0.2) is 0 Å². The minimum atomic E-state index is -0.864. The SMILES string of the molecule is CN1C(=O)[C@H](NC(=O)c2n[nH]c(Cc3ccccc3)n2)COc2ccc(N3CCC4(CCOCC4)C3)cc21. The summed E-state index contributed by atoms with van der Waals surface area (Å²) in [7, 11) is 1.72. The molecular formula is C28H32N6O4. The number of H-pyrrole nitrogens is 1. The van der Waals surface area contributed by atoms with Crippen molar-refractivity contribution in [3.8, 4) is 5.75 Å². The van der Waals surface area contributed by atoms with E-state index in [2.05, 4.69) is 31.5 Å². The minimum absolute atomic E-state index is 0.00786. The van der Waals surface area contributed by atoms with Crippen LogP contribution in [-0.2, 0) is 16.0 Å². The predicted octanol–water partition coefficient (Wildman–Crippen LogP) is 2.56. The molecule has 198 valence electrons. The average molecular weight is 517 g/mol. The summed E-state index contributed by atoms with van der Waals surface area (Å²) >= 11 is 0. The molecule has 38 heavy (non-hydrogen) atoms. The summed E-state index contributed by atoms with van der Waals surface area (Å²) in [5, 5.41) is 9.62. The maximum absolute atomic E-state index is 13.4. The van der Waals surface area contributed by atoms with Gasteiger partial charge in [0.05, 0.1) is 5.69 Å². The van der Waals surface area contributed by atoms with Crippen LogP contribution in [0.4, 0.5) is 11.4 Å². The first-order chi connectivity index (χ1) is 18.5. The molecule has 1 aromatic heterocycles. The summed E-state index contributed by atoms with van der Waals surface area (Å²) in [5.74, 6) is 0.403. The van der Waals surface area contributed by atoms with E-state index in [0.717, 1.165) is 56.8 Å². The van der Waals surface area contributed by atoms with Gasteiger partial charge in [-0.3, -0.25) is 14.7 Å². The number of ether oxygens (including phenoxy) is 2. The van der Waals surface area contributed by atoms with Crippen LogP contribution >= 0.6 is 0 Å². The Labute approximate surface area is 221 Å². The lowest BCUT2D eigenvalue weighted by molar-refractivity contribution is -0.120. The van der Waals surface area contributed by atoms with Crippen molar-refractivity contribution in [2.45, 2.75) is 31.7 Å². The van der Waals surface area contributed by atoms with Crippen LogP contribution in [0.15, 0.2) is 48.5 Å². The Morgan fingerprint density at radius 1 is 1.16 bits per heavy atom. The minimum Gasteiger partial charge on any atom is -0.489 e. The number of hydrogen-bond donors (Lipinski definition) is 2. The Morgan fingerprint density at radius 2 is 1.97 bits per heavy atom. The molecule has 10 heteroatoms. The van der Waals surface area contributed by atoms with Crippen LogP contribution in [0.3, 0.4) is 0 Å². The number of benzene rings is 2. The fourth-order valence-electron chi connectivity index (χ4n) is 5.64. The number of hydrogen-bond acceptors (Lipinski definition) is 7. The van der Waals surface area contributed by atoms with E-state index < -0.39 is 11.9 Å². The van der Waals surface area contributed by atoms with Gasteiger partial charge in [0.25, 0.3) is 11.8 Å². The summed E-state index contributed by atoms with van der Waals surface area (Å²) < 4.78 is 11.6. The number of aromatic amines is 1. The van der Waals surface area contributed by atoms with Gasteiger partial charge in [-0.15, -0.1) is 5.10 Å². The second-order valence-electron chi connectivity index (χ2n) is 10.4. The van der Waals surface area contributed by atoms with Crippen molar-refractivity contribution in [2.24, 2.45) is 5.41 Å². The van der Waals surface area contributed by atoms with E-state index in [1.165, 1.54) is 0 Å². The number of likely N-dealkylation sites (N-methyl/N-ethyl adjacent to an activating group) is 1. The molecule has 0 aliphatic carbocycles. The fraction of sp³-hybridized carbons (Fsp3) is 0.429. The highest BCUT2D eigenvalue weighted by molar-refractivity contribution is 6.02. The molecule has 3 aromatic rings. The van der Waals surface area contributed by atoms with Crippen molar-refractivity contribution >= 4 is 23.2 Å². The van der Waals surface area contributed by atoms with Gasteiger partial charge >= 0.3 is 0 Å². The first kappa shape index (κ1) is 24.4. The lowest BCUT2D eigenvalue weighted by atomic mass is 9.80. The molecule has 0 bridgehead atoms. The average Bonchev–Trinajstić information content (AvgIpc) is 3.56. The molecule has 2 amide bonds. The smallest absolute Gasteiger partial charge is 0.291 e. The Hall–Kier alpha value is -3.92. The second kappa shape index (κ2) is 10.1. The highest BCUT2D eigenvalue weighted by atomic mass is 16.5. The van der Waals surface area contributed by atoms with E-state index in [-0.39, 0.29) is 18.3 Å². The predicted molar refractivity (Wildman–Crippen MR) is 142 cm³/mol. The van der Waals surface area contributed by atoms with Crippen LogP contribution in [0.1, 0.15) is 41.3 Å². The highest BCUT2D eigenvalue weighted by Crippen LogP contribution is 2.43. The van der Waals surface area contributed by atoms with E-state index in [1.54, 1.807) is 11.9 Å². The van der Waals surface area contributed by atoms with Crippen LogP contribution in [0, 0.1) is 5.41 Å². The maximum Gasteiger partial charge on any atom is 0.291 e. The molecule has 1 atom stereocenters. The van der Waals surface area contributed by atoms with Crippen molar-refractivity contribution in [3.63, 3.8) is 0 Å². The quantitative estimate of drug-likeness (QED) is 0.536. The molecule has 2 N–H and O–H groups in total. The number of anilines is 2. The number of nitrogens with one attached hydrogen (secondary N) is 2. The Balaban J connectivity index is 1.12. The van der Waals surface area contributed by atoms with Gasteiger partial charge in [0, 0.05) is 45.5 Å². The van der Waals surface area contributed by atoms with Gasteiger partial charge in [0.1, 0.15) is 24.2 Å². The third-order valence-electron chi connectivity index (χ3n) is 7.95. The number of carbonyl (C=O) groups is 2. The third-order valence-corrected chi connectivity index (χ3v) is 7.95. The van der Waals surface area contributed by atoms with Crippen LogP contribution in [0.25, 0.3) is 0 Å². The Bertz CT molecular complexity index is 1320. The van der Waals surface area contributed by atoms with Crippen molar-refractivity contribution in [3.05, 3.63) is 65.7 Å². The van der Waals surface area contributed by atoms with Gasteiger partial charge in [-0.25, -0.2) is 4.98 Å². The number of carbonyl (C=O) groups excluding carboxylic acids is 2. The lowest BCUT2D eigenvalue weighted by Gasteiger charge is -2.33. The molecule has 0 saturated carbocycles. The molecular weight excluding hydrogens is 484 g/mol. The van der Waals surface area contributed by atoms with E-state index in [1.807, 2.05) is 42.5 Å². The normalized spacial score (nSPS) is 20.7. The summed E-state index contributed by atoms with van der Waals surface area (Å²) in [5.41, 5.74) is 3.14. The zero-order chi connectivity index (χ0) is 26.1. The van der Waals surface area contributed by atoms with E-state index in [4.69, 9.17) is 9.47 Å². The van der Waals surface area contributed by atoms with Crippen LogP contribution in [0.5, 0.6) is 5.75 Å². The molecule has 6 rings (SSSR count). The van der Waals surface area contributed by atoms with E-state index in [9.17, 15) is 9.59 Å². The molecule has 2 saturated heterocycles. The summed E-state index contributed by atoms with van der Waals surface area (Å²) in [4.78, 5) is 34.5. The monoisotopic (exact) mass is 516 g/mol. The van der Waals surface area contributed by atoms with Crippen molar-refractivity contribution in [1.82, 2.24) is 20.5 Å². The fourth-order valence-corrected chi connectivity index (χ4v) is 5.64. The zero-order valence-corrected chi connectivity index (χ0v) is 21.5.